The molecule has 0 heterocycles. The summed E-state index contributed by atoms with van der Waals surface area (Å²) in [6.07, 6.45) is 0.560. The van der Waals surface area contributed by atoms with E-state index in [0.29, 0.717) is 6.42 Å². The molecule has 11 heavy (non-hydrogen) atoms. The van der Waals surface area contributed by atoms with Gasteiger partial charge in [0, 0.05) is 43.7 Å². The van der Waals surface area contributed by atoms with Crippen molar-refractivity contribution in [2.24, 2.45) is 0 Å². The molecule has 5 heteroatoms. The molecule has 0 bridgehead atoms. The van der Waals surface area contributed by atoms with Gasteiger partial charge in [0.25, 0.3) is 0 Å². The molecule has 0 aliphatic rings. The van der Waals surface area contributed by atoms with Crippen LogP contribution in [-0.2, 0) is 14.2 Å². The van der Waals surface area contributed by atoms with Gasteiger partial charge in [-0.05, 0) is 0 Å². The Balaban J connectivity index is 3.86. The molecule has 0 aromatic heterocycles. The molecule has 0 aliphatic heterocycles. The third-order valence-corrected chi connectivity index (χ3v) is 2.89. The molecule has 68 valence electrons. The summed E-state index contributed by atoms with van der Waals surface area (Å²) in [6.45, 7) is 0. The molecule has 0 saturated carbocycles. The molecule has 1 atom stereocenters. The lowest BCUT2D eigenvalue weighted by molar-refractivity contribution is -0.155. The lowest BCUT2D eigenvalue weighted by Gasteiger charge is -2.25. The smallest absolute Gasteiger partial charge is 0.249 e. The molecule has 0 amide bonds. The fourth-order valence-corrected chi connectivity index (χ4v) is 1.69. The van der Waals surface area contributed by atoms with Gasteiger partial charge in [0.05, 0.1) is 0 Å². The minimum Gasteiger partial charge on any atom is -0.386 e. The van der Waals surface area contributed by atoms with Crippen LogP contribution in [0.15, 0.2) is 0 Å². The van der Waals surface area contributed by atoms with Gasteiger partial charge in [-0.15, -0.1) is 0 Å². The first-order chi connectivity index (χ1) is 5.08. The first kappa shape index (κ1) is 11.4. The average Bonchev–Trinajstić information content (AvgIpc) is 2.04. The van der Waals surface area contributed by atoms with Crippen LogP contribution in [0.5, 0.6) is 0 Å². The Morgan fingerprint density at radius 3 is 2.09 bits per heavy atom. The van der Waals surface area contributed by atoms with Crippen LogP contribution in [0.3, 0.4) is 0 Å². The van der Waals surface area contributed by atoms with E-state index >= 15 is 0 Å². The van der Waals surface area contributed by atoms with Gasteiger partial charge < -0.3 is 14.2 Å². The van der Waals surface area contributed by atoms with Gasteiger partial charge in [0.2, 0.25) is 5.25 Å². The third kappa shape index (κ3) is 4.08. The van der Waals surface area contributed by atoms with E-state index in [-0.39, 0.29) is 5.73 Å². The van der Waals surface area contributed by atoms with Crippen molar-refractivity contribution in [3.05, 3.63) is 0 Å². The quantitative estimate of drug-likeness (QED) is 0.351. The van der Waals surface area contributed by atoms with Crippen LogP contribution in [0.2, 0.25) is 0 Å². The zero-order valence-electron chi connectivity index (χ0n) is 7.39. The Bertz CT molecular complexity index is 108. The average molecular weight is 199 g/mol. The molecule has 0 rings (SSSR count). The minimum atomic E-state index is -1.01. The Labute approximate surface area is 75.4 Å². The van der Waals surface area contributed by atoms with Crippen LogP contribution >= 0.6 is 11.6 Å². The molecule has 0 N–H and O–H groups in total. The summed E-state index contributed by atoms with van der Waals surface area (Å²) < 4.78 is 15.0. The van der Waals surface area contributed by atoms with Gasteiger partial charge in [-0.2, -0.15) is 0 Å². The lowest BCUT2D eigenvalue weighted by atomic mass is 10.4. The second-order valence-corrected chi connectivity index (χ2v) is 4.18. The zero-order valence-corrected chi connectivity index (χ0v) is 10.1. The first-order valence-corrected chi connectivity index (χ1v) is 4.93. The van der Waals surface area contributed by atoms with Crippen molar-refractivity contribution in [1.29, 1.82) is 0 Å². The van der Waals surface area contributed by atoms with E-state index < -0.39 is 5.25 Å². The molecular weight excluding hydrogens is 184 g/mol. The summed E-state index contributed by atoms with van der Waals surface area (Å²) in [5, 5.41) is -1.01. The van der Waals surface area contributed by atoms with Gasteiger partial charge in [-0.3, -0.25) is 0 Å². The van der Waals surface area contributed by atoms with Crippen LogP contribution in [0, 0.1) is 0 Å². The number of hydrogen-bond acceptors (Lipinski definition) is 3. The third-order valence-electron chi connectivity index (χ3n) is 1.54. The van der Waals surface area contributed by atoms with Gasteiger partial charge in [0.15, 0.2) is 0 Å². The number of hydrogen-bond donors (Lipinski definition) is 0. The van der Waals surface area contributed by atoms with E-state index in [0.717, 1.165) is 10.2 Å². The Kier molecular flexibility index (Phi) is 5.29. The molecule has 3 nitrogen and oxygen atoms in total. The maximum absolute atomic E-state index is 5.88. The fourth-order valence-electron chi connectivity index (χ4n) is 0.677. The van der Waals surface area contributed by atoms with E-state index in [4.69, 9.17) is 25.8 Å². The topological polar surface area (TPSA) is 27.7 Å². The van der Waals surface area contributed by atoms with E-state index in [1.165, 1.54) is 14.2 Å². The summed E-state index contributed by atoms with van der Waals surface area (Å²) in [5.74, 6) is 0. The molecule has 0 spiro atoms. The van der Waals surface area contributed by atoms with Crippen molar-refractivity contribution >= 4 is 21.8 Å². The maximum atomic E-state index is 5.88. The Hall–Kier alpha value is 0.387. The second-order valence-electron chi connectivity index (χ2n) is 2.32. The highest BCUT2D eigenvalue weighted by Crippen LogP contribution is 2.23. The molecular formula is C6H15ClO3Si. The van der Waals surface area contributed by atoms with Crippen molar-refractivity contribution < 1.29 is 14.2 Å². The summed E-state index contributed by atoms with van der Waals surface area (Å²) in [5.41, 5.74) is 0.160. The SMILES string of the molecule is COC([SiH3])CC(Cl)(OC)OC. The predicted octanol–water partition coefficient (Wildman–Crippen LogP) is -0.100. The van der Waals surface area contributed by atoms with Crippen molar-refractivity contribution in [3.63, 3.8) is 0 Å². The van der Waals surface area contributed by atoms with Crippen molar-refractivity contribution in [1.82, 2.24) is 0 Å². The van der Waals surface area contributed by atoms with E-state index in [2.05, 4.69) is 0 Å². The van der Waals surface area contributed by atoms with E-state index in [1.54, 1.807) is 7.11 Å². The second kappa shape index (κ2) is 5.11. The molecule has 0 radical (unpaired) electrons. The molecule has 0 aromatic rings. The molecule has 0 fully saturated rings. The van der Waals surface area contributed by atoms with Gasteiger partial charge >= 0.3 is 0 Å². The first-order valence-electron chi connectivity index (χ1n) is 3.40. The standard InChI is InChI=1S/C6H15ClO3Si/c1-8-5(11)4-6(7,9-2)10-3/h5H,4H2,1-3,11H3. The summed E-state index contributed by atoms with van der Waals surface area (Å²) in [7, 11) is 5.59. The number of ether oxygens (including phenoxy) is 3. The molecule has 0 saturated heterocycles. The van der Waals surface area contributed by atoms with Crippen molar-refractivity contribution in [2.75, 3.05) is 21.3 Å². The highest BCUT2D eigenvalue weighted by atomic mass is 35.5. The highest BCUT2D eigenvalue weighted by Gasteiger charge is 2.28. The van der Waals surface area contributed by atoms with Crippen LogP contribution in [0.4, 0.5) is 0 Å². The Morgan fingerprint density at radius 1 is 1.36 bits per heavy atom. The van der Waals surface area contributed by atoms with E-state index in [9.17, 15) is 0 Å². The number of rotatable bonds is 5. The minimum absolute atomic E-state index is 0.160. The van der Waals surface area contributed by atoms with Crippen LogP contribution < -0.4 is 0 Å². The Morgan fingerprint density at radius 2 is 1.82 bits per heavy atom. The molecule has 0 aromatic carbocycles. The molecule has 1 unspecified atom stereocenters. The van der Waals surface area contributed by atoms with Gasteiger partial charge in [0.1, 0.15) is 0 Å². The van der Waals surface area contributed by atoms with Crippen molar-refractivity contribution in [3.8, 4) is 0 Å². The maximum Gasteiger partial charge on any atom is 0.249 e. The predicted molar refractivity (Wildman–Crippen MR) is 48.0 cm³/mol. The van der Waals surface area contributed by atoms with Gasteiger partial charge in [-0.25, -0.2) is 0 Å². The van der Waals surface area contributed by atoms with Crippen LogP contribution in [0.25, 0.3) is 0 Å². The number of halogens is 1. The summed E-state index contributed by atoms with van der Waals surface area (Å²) in [6, 6.07) is 0. The number of alkyl halides is 1. The van der Waals surface area contributed by atoms with E-state index in [1.807, 2.05) is 0 Å². The lowest BCUT2D eigenvalue weighted by Crippen LogP contribution is -2.32. The monoisotopic (exact) mass is 198 g/mol. The van der Waals surface area contributed by atoms with Gasteiger partial charge in [-0.1, -0.05) is 11.6 Å². The summed E-state index contributed by atoms with van der Waals surface area (Å²) >= 11 is 5.88. The molecule has 0 aliphatic carbocycles. The summed E-state index contributed by atoms with van der Waals surface area (Å²) in [4.78, 5) is 0. The zero-order chi connectivity index (χ0) is 8.91. The van der Waals surface area contributed by atoms with Crippen LogP contribution in [0.1, 0.15) is 6.42 Å². The van der Waals surface area contributed by atoms with Crippen LogP contribution in [-0.4, -0.2) is 42.5 Å². The van der Waals surface area contributed by atoms with Crippen molar-refractivity contribution in [2.45, 2.75) is 17.4 Å². The normalized spacial score (nSPS) is 15.3. The largest absolute Gasteiger partial charge is 0.386 e. The number of methoxy groups -OCH3 is 3. The fraction of sp³-hybridized carbons (Fsp3) is 1.00. The highest BCUT2D eigenvalue weighted by molar-refractivity contribution is 6.22.